The lowest BCUT2D eigenvalue weighted by atomic mass is 9.65. The summed E-state index contributed by atoms with van der Waals surface area (Å²) in [5.41, 5.74) is 10.3. The monoisotopic (exact) mass is 680 g/mol. The molecule has 3 atom stereocenters. The molecule has 10 rings (SSSR count). The number of anilines is 2. The molecule has 0 radical (unpaired) electrons. The highest BCUT2D eigenvalue weighted by Crippen LogP contribution is 2.50. The minimum Gasteiger partial charge on any atom is -0.508 e. The number of nitrogens with zero attached hydrogens (tertiary/aromatic N) is 3. The maximum absolute atomic E-state index is 12.2. The van der Waals surface area contributed by atoms with Gasteiger partial charge in [0.15, 0.2) is 0 Å². The van der Waals surface area contributed by atoms with Crippen LogP contribution in [0.15, 0.2) is 84.9 Å². The van der Waals surface area contributed by atoms with Gasteiger partial charge in [-0.2, -0.15) is 0 Å². The number of hydrogen-bond acceptors (Lipinski definition) is 6. The third kappa shape index (κ3) is 5.56. The van der Waals surface area contributed by atoms with Crippen molar-refractivity contribution in [3.05, 3.63) is 118 Å². The Morgan fingerprint density at radius 1 is 0.863 bits per heavy atom. The van der Waals surface area contributed by atoms with Crippen LogP contribution in [0.2, 0.25) is 0 Å². The van der Waals surface area contributed by atoms with Gasteiger partial charge in [-0.1, -0.05) is 48.5 Å². The van der Waals surface area contributed by atoms with Crippen LogP contribution in [0.3, 0.4) is 0 Å². The molecule has 1 amide bonds. The van der Waals surface area contributed by atoms with Crippen LogP contribution in [0.5, 0.6) is 11.5 Å². The van der Waals surface area contributed by atoms with E-state index in [4.69, 9.17) is 4.74 Å². The second kappa shape index (κ2) is 12.3. The third-order valence-corrected chi connectivity index (χ3v) is 13.3. The van der Waals surface area contributed by atoms with Gasteiger partial charge in [0.25, 0.3) is 5.91 Å². The van der Waals surface area contributed by atoms with E-state index in [1.165, 1.54) is 78.9 Å². The van der Waals surface area contributed by atoms with Crippen molar-refractivity contribution in [2.45, 2.75) is 62.9 Å². The molecular weight excluding hydrogens is 633 g/mol. The Bertz CT molecular complexity index is 1950. The SMILES string of the molecule is O=C1NCc2cc3c(cc21)OCC1CN(CC2CCC4(CC2)CN(c2ccc(C5c6ccc(O)cc6CCC5c5ccccc5)cc2)C4)CCN31. The van der Waals surface area contributed by atoms with E-state index in [0.29, 0.717) is 42.2 Å². The number of phenolic OH excluding ortho intramolecular Hbond substituents is 1. The summed E-state index contributed by atoms with van der Waals surface area (Å²) < 4.78 is 6.22. The van der Waals surface area contributed by atoms with Crippen LogP contribution in [-0.4, -0.2) is 67.8 Å². The number of amides is 1. The fourth-order valence-corrected chi connectivity index (χ4v) is 10.6. The molecule has 0 aromatic heterocycles. The lowest BCUT2D eigenvalue weighted by molar-refractivity contribution is 0.0809. The highest BCUT2D eigenvalue weighted by Gasteiger charge is 2.46. The smallest absolute Gasteiger partial charge is 0.252 e. The van der Waals surface area contributed by atoms with Crippen molar-refractivity contribution in [2.75, 3.05) is 55.7 Å². The number of ether oxygens (including phenoxy) is 1. The van der Waals surface area contributed by atoms with Gasteiger partial charge >= 0.3 is 0 Å². The summed E-state index contributed by atoms with van der Waals surface area (Å²) in [6, 6.07) is 31.0. The van der Waals surface area contributed by atoms with Gasteiger partial charge in [0, 0.05) is 68.4 Å². The number of piperazine rings is 1. The van der Waals surface area contributed by atoms with Gasteiger partial charge in [-0.15, -0.1) is 0 Å². The third-order valence-electron chi connectivity index (χ3n) is 13.3. The number of aromatic hydroxyl groups is 1. The van der Waals surface area contributed by atoms with Crippen LogP contribution >= 0.6 is 0 Å². The van der Waals surface area contributed by atoms with E-state index in [-0.39, 0.29) is 5.91 Å². The first-order valence-electron chi connectivity index (χ1n) is 19.3. The van der Waals surface area contributed by atoms with E-state index in [9.17, 15) is 9.90 Å². The van der Waals surface area contributed by atoms with Crippen molar-refractivity contribution in [3.63, 3.8) is 0 Å². The van der Waals surface area contributed by atoms with Gasteiger partial charge < -0.3 is 25.0 Å². The largest absolute Gasteiger partial charge is 0.508 e. The molecule has 4 aromatic rings. The quantitative estimate of drug-likeness (QED) is 0.235. The first-order chi connectivity index (χ1) is 25.0. The molecule has 4 aromatic carbocycles. The van der Waals surface area contributed by atoms with Crippen LogP contribution < -0.4 is 19.9 Å². The lowest BCUT2D eigenvalue weighted by Crippen LogP contribution is -2.59. The van der Waals surface area contributed by atoms with Crippen molar-refractivity contribution in [2.24, 2.45) is 11.3 Å². The molecule has 1 spiro atoms. The predicted octanol–water partition coefficient (Wildman–Crippen LogP) is 7.08. The number of nitrogens with one attached hydrogen (secondary N) is 1. The first-order valence-corrected chi connectivity index (χ1v) is 19.3. The Labute approximate surface area is 301 Å². The fourth-order valence-electron chi connectivity index (χ4n) is 10.6. The number of carbonyl (C=O) groups excluding carboxylic acids is 1. The number of phenols is 1. The number of rotatable bonds is 5. The Balaban J connectivity index is 0.750. The molecule has 4 heterocycles. The summed E-state index contributed by atoms with van der Waals surface area (Å²) in [4.78, 5) is 20.0. The minimum atomic E-state index is 0.0172. The fraction of sp³-hybridized carbons (Fsp3) is 0.432. The lowest BCUT2D eigenvalue weighted by Gasteiger charge is -2.55. The molecule has 3 unspecified atom stereocenters. The number of benzene rings is 4. The van der Waals surface area contributed by atoms with Crippen molar-refractivity contribution >= 4 is 17.3 Å². The molecule has 4 aliphatic heterocycles. The molecule has 3 fully saturated rings. The Morgan fingerprint density at radius 3 is 2.51 bits per heavy atom. The Kier molecular flexibility index (Phi) is 7.56. The Hall–Kier alpha value is -4.49. The zero-order valence-electron chi connectivity index (χ0n) is 29.4. The highest BCUT2D eigenvalue weighted by molar-refractivity contribution is 5.99. The van der Waals surface area contributed by atoms with E-state index in [1.54, 1.807) is 0 Å². The van der Waals surface area contributed by atoms with Crippen molar-refractivity contribution in [1.29, 1.82) is 0 Å². The maximum Gasteiger partial charge on any atom is 0.252 e. The highest BCUT2D eigenvalue weighted by atomic mass is 16.5. The average Bonchev–Trinajstić information content (AvgIpc) is 3.52. The number of fused-ring (bicyclic) bond motifs is 5. The van der Waals surface area contributed by atoms with Crippen molar-refractivity contribution < 1.29 is 14.6 Å². The topological polar surface area (TPSA) is 68.3 Å². The molecule has 6 aliphatic rings. The van der Waals surface area contributed by atoms with Gasteiger partial charge in [-0.25, -0.2) is 0 Å². The van der Waals surface area contributed by atoms with Crippen LogP contribution in [0, 0.1) is 11.3 Å². The summed E-state index contributed by atoms with van der Waals surface area (Å²) in [6.07, 6.45) is 7.44. The summed E-state index contributed by atoms with van der Waals surface area (Å²) in [5.74, 6) is 2.76. The number of carbonyl (C=O) groups is 1. The number of aryl methyl sites for hydroxylation is 1. The summed E-state index contributed by atoms with van der Waals surface area (Å²) in [5, 5.41) is 13.2. The molecule has 2 saturated heterocycles. The second-order valence-corrected chi connectivity index (χ2v) is 16.4. The minimum absolute atomic E-state index is 0.0172. The summed E-state index contributed by atoms with van der Waals surface area (Å²) in [6.45, 7) is 8.05. The molecule has 1 saturated carbocycles. The van der Waals surface area contributed by atoms with E-state index >= 15 is 0 Å². The van der Waals surface area contributed by atoms with E-state index in [1.807, 2.05) is 18.2 Å². The maximum atomic E-state index is 12.2. The van der Waals surface area contributed by atoms with Crippen molar-refractivity contribution in [3.8, 4) is 11.5 Å². The zero-order chi connectivity index (χ0) is 34.1. The van der Waals surface area contributed by atoms with Gasteiger partial charge in [0.05, 0.1) is 11.7 Å². The molecule has 262 valence electrons. The van der Waals surface area contributed by atoms with Crippen LogP contribution in [-0.2, 0) is 13.0 Å². The normalized spacial score (nSPS) is 25.3. The molecule has 0 bridgehead atoms. The van der Waals surface area contributed by atoms with E-state index in [2.05, 4.69) is 86.7 Å². The van der Waals surface area contributed by atoms with E-state index < -0.39 is 0 Å². The van der Waals surface area contributed by atoms with E-state index in [0.717, 1.165) is 55.3 Å². The van der Waals surface area contributed by atoms with Crippen molar-refractivity contribution in [1.82, 2.24) is 10.2 Å². The van der Waals surface area contributed by atoms with Gasteiger partial charge in [0.2, 0.25) is 0 Å². The molecule has 7 nitrogen and oxygen atoms in total. The molecule has 2 N–H and O–H groups in total. The zero-order valence-corrected chi connectivity index (χ0v) is 29.4. The van der Waals surface area contributed by atoms with Crippen LogP contribution in [0.4, 0.5) is 11.4 Å². The second-order valence-electron chi connectivity index (χ2n) is 16.4. The molecule has 2 aliphatic carbocycles. The molecule has 7 heteroatoms. The Morgan fingerprint density at radius 2 is 1.69 bits per heavy atom. The average molecular weight is 681 g/mol. The van der Waals surface area contributed by atoms with Gasteiger partial charge in [-0.05, 0) is 115 Å². The number of hydrogen-bond donors (Lipinski definition) is 2. The summed E-state index contributed by atoms with van der Waals surface area (Å²) in [7, 11) is 0. The van der Waals surface area contributed by atoms with Gasteiger partial charge in [-0.3, -0.25) is 9.69 Å². The van der Waals surface area contributed by atoms with Crippen LogP contribution in [0.1, 0.15) is 82.1 Å². The first kappa shape index (κ1) is 31.3. The standard InChI is InChI=1S/C44H48N4O3/c49-36-11-13-38-32(20-36)8-12-37(30-4-2-1-3-5-30)42(38)31-6-9-34(10-7-31)47-27-44(28-47)16-14-29(15-17-44)24-46-18-19-48-35(25-46)26-51-41-22-39-33(21-40(41)48)23-45-43(39)50/h1-7,9-11,13,20-22,29,35,37,42,49H,8,12,14-19,23-28H2,(H,45,50). The predicted molar refractivity (Wildman–Crippen MR) is 201 cm³/mol. The van der Waals surface area contributed by atoms with Crippen LogP contribution in [0.25, 0.3) is 0 Å². The van der Waals surface area contributed by atoms with Gasteiger partial charge in [0.1, 0.15) is 18.1 Å². The molecule has 51 heavy (non-hydrogen) atoms. The summed E-state index contributed by atoms with van der Waals surface area (Å²) >= 11 is 0. The molecular formula is C44H48N4O3.